The monoisotopic (exact) mass is 245 g/mol. The average molecular weight is 245 g/mol. The Kier molecular flexibility index (Phi) is 3.50. The first-order valence-electron chi connectivity index (χ1n) is 6.16. The summed E-state index contributed by atoms with van der Waals surface area (Å²) in [6, 6.07) is 6.16. The van der Waals surface area contributed by atoms with Crippen LogP contribution in [0.3, 0.4) is 0 Å². The van der Waals surface area contributed by atoms with E-state index in [0.717, 1.165) is 24.2 Å². The van der Waals surface area contributed by atoms with Crippen molar-refractivity contribution in [2.75, 3.05) is 17.6 Å². The van der Waals surface area contributed by atoms with Crippen molar-refractivity contribution in [1.82, 2.24) is 14.8 Å². The molecule has 18 heavy (non-hydrogen) atoms. The zero-order valence-electron chi connectivity index (χ0n) is 11.1. The van der Waals surface area contributed by atoms with Crippen LogP contribution >= 0.6 is 0 Å². The second-order valence-corrected chi connectivity index (χ2v) is 4.42. The van der Waals surface area contributed by atoms with Crippen molar-refractivity contribution in [2.24, 2.45) is 0 Å². The van der Waals surface area contributed by atoms with Gasteiger partial charge in [0.05, 0.1) is 5.69 Å². The zero-order valence-corrected chi connectivity index (χ0v) is 11.1. The maximum absolute atomic E-state index is 5.90. The lowest BCUT2D eigenvalue weighted by atomic mass is 10.1. The second-order valence-electron chi connectivity index (χ2n) is 4.42. The number of nitrogen functional groups attached to an aromatic ring is 1. The lowest BCUT2D eigenvalue weighted by Gasteiger charge is -2.07. The van der Waals surface area contributed by atoms with Crippen molar-refractivity contribution in [3.05, 3.63) is 29.3 Å². The van der Waals surface area contributed by atoms with Gasteiger partial charge in [-0.2, -0.15) is 9.67 Å². The van der Waals surface area contributed by atoms with Crippen molar-refractivity contribution < 1.29 is 0 Å². The Morgan fingerprint density at radius 1 is 1.33 bits per heavy atom. The SMILES string of the molecule is CCCNc1nc(N)n(-c2ccc(C)cc2C)n1. The summed E-state index contributed by atoms with van der Waals surface area (Å²) < 4.78 is 1.67. The number of aromatic nitrogens is 3. The highest BCUT2D eigenvalue weighted by molar-refractivity contribution is 5.47. The van der Waals surface area contributed by atoms with Crippen molar-refractivity contribution in [2.45, 2.75) is 27.2 Å². The number of nitrogens with two attached hydrogens (primary N) is 1. The third-order valence-corrected chi connectivity index (χ3v) is 2.75. The van der Waals surface area contributed by atoms with Crippen LogP contribution in [0.5, 0.6) is 0 Å². The van der Waals surface area contributed by atoms with Gasteiger partial charge in [-0.25, -0.2) is 0 Å². The van der Waals surface area contributed by atoms with Crippen LogP contribution in [-0.2, 0) is 0 Å². The molecule has 96 valence electrons. The molecular formula is C13H19N5. The van der Waals surface area contributed by atoms with Gasteiger partial charge in [-0.05, 0) is 31.9 Å². The standard InChI is InChI=1S/C13H19N5/c1-4-7-15-13-16-12(14)18(17-13)11-6-5-9(2)8-10(11)3/h5-6,8H,4,7H2,1-3H3,(H3,14,15,16,17). The third kappa shape index (κ3) is 2.45. The summed E-state index contributed by atoms with van der Waals surface area (Å²) in [5.41, 5.74) is 9.22. The number of rotatable bonds is 4. The van der Waals surface area contributed by atoms with Gasteiger partial charge in [0.15, 0.2) is 0 Å². The molecule has 0 saturated carbocycles. The Balaban J connectivity index is 2.35. The molecule has 1 heterocycles. The molecule has 1 aromatic heterocycles. The maximum Gasteiger partial charge on any atom is 0.244 e. The van der Waals surface area contributed by atoms with Crippen LogP contribution in [0.4, 0.5) is 11.9 Å². The highest BCUT2D eigenvalue weighted by Gasteiger charge is 2.10. The molecule has 5 nitrogen and oxygen atoms in total. The lowest BCUT2D eigenvalue weighted by Crippen LogP contribution is -2.05. The van der Waals surface area contributed by atoms with Gasteiger partial charge in [0.2, 0.25) is 11.9 Å². The normalized spacial score (nSPS) is 10.6. The molecule has 3 N–H and O–H groups in total. The highest BCUT2D eigenvalue weighted by Crippen LogP contribution is 2.18. The number of hydrogen-bond donors (Lipinski definition) is 2. The molecule has 2 rings (SSSR count). The van der Waals surface area contributed by atoms with Crippen LogP contribution in [0.1, 0.15) is 24.5 Å². The molecule has 0 aliphatic rings. The molecule has 0 saturated heterocycles. The quantitative estimate of drug-likeness (QED) is 0.867. The zero-order chi connectivity index (χ0) is 13.1. The molecule has 0 radical (unpaired) electrons. The van der Waals surface area contributed by atoms with Crippen LogP contribution in [0.25, 0.3) is 5.69 Å². The molecule has 0 aliphatic heterocycles. The van der Waals surface area contributed by atoms with E-state index >= 15 is 0 Å². The van der Waals surface area contributed by atoms with Gasteiger partial charge < -0.3 is 11.1 Å². The van der Waals surface area contributed by atoms with E-state index in [2.05, 4.69) is 35.3 Å². The van der Waals surface area contributed by atoms with Gasteiger partial charge in [0, 0.05) is 6.54 Å². The van der Waals surface area contributed by atoms with E-state index < -0.39 is 0 Å². The minimum Gasteiger partial charge on any atom is -0.368 e. The van der Waals surface area contributed by atoms with E-state index in [1.807, 2.05) is 19.1 Å². The topological polar surface area (TPSA) is 68.8 Å². The van der Waals surface area contributed by atoms with Gasteiger partial charge in [-0.3, -0.25) is 0 Å². The largest absolute Gasteiger partial charge is 0.368 e. The highest BCUT2D eigenvalue weighted by atomic mass is 15.4. The van der Waals surface area contributed by atoms with E-state index in [1.54, 1.807) is 4.68 Å². The Morgan fingerprint density at radius 2 is 2.11 bits per heavy atom. The Hall–Kier alpha value is -2.04. The number of anilines is 2. The smallest absolute Gasteiger partial charge is 0.244 e. The van der Waals surface area contributed by atoms with Gasteiger partial charge in [-0.1, -0.05) is 24.6 Å². The maximum atomic E-state index is 5.90. The minimum atomic E-state index is 0.403. The third-order valence-electron chi connectivity index (χ3n) is 2.75. The van der Waals surface area contributed by atoms with Gasteiger partial charge in [0.1, 0.15) is 0 Å². The Bertz CT molecular complexity index is 544. The summed E-state index contributed by atoms with van der Waals surface area (Å²) in [4.78, 5) is 4.21. The summed E-state index contributed by atoms with van der Waals surface area (Å²) in [6.45, 7) is 7.05. The van der Waals surface area contributed by atoms with Crippen LogP contribution in [-0.4, -0.2) is 21.3 Å². The predicted octanol–water partition coefficient (Wildman–Crippen LogP) is 2.29. The number of nitrogens with zero attached hydrogens (tertiary/aromatic N) is 3. The molecule has 0 bridgehead atoms. The van der Waals surface area contributed by atoms with Crippen LogP contribution < -0.4 is 11.1 Å². The van der Waals surface area contributed by atoms with Crippen molar-refractivity contribution in [1.29, 1.82) is 0 Å². The molecule has 5 heteroatoms. The fourth-order valence-electron chi connectivity index (χ4n) is 1.86. The molecule has 0 fully saturated rings. The molecule has 1 aromatic carbocycles. The number of hydrogen-bond acceptors (Lipinski definition) is 4. The van der Waals surface area contributed by atoms with Crippen molar-refractivity contribution in [3.8, 4) is 5.69 Å². The number of nitrogens with one attached hydrogen (secondary N) is 1. The summed E-state index contributed by atoms with van der Waals surface area (Å²) in [7, 11) is 0. The first-order valence-corrected chi connectivity index (χ1v) is 6.16. The minimum absolute atomic E-state index is 0.403. The summed E-state index contributed by atoms with van der Waals surface area (Å²) >= 11 is 0. The van der Waals surface area contributed by atoms with Gasteiger partial charge in [0.25, 0.3) is 0 Å². The second kappa shape index (κ2) is 5.08. The summed E-state index contributed by atoms with van der Waals surface area (Å²) in [5.74, 6) is 0.981. The van der Waals surface area contributed by atoms with Crippen LogP contribution in [0.15, 0.2) is 18.2 Å². The van der Waals surface area contributed by atoms with E-state index in [0.29, 0.717) is 11.9 Å². The molecule has 0 spiro atoms. The Morgan fingerprint density at radius 3 is 2.78 bits per heavy atom. The summed E-state index contributed by atoms with van der Waals surface area (Å²) in [5, 5.41) is 7.51. The summed E-state index contributed by atoms with van der Waals surface area (Å²) in [6.07, 6.45) is 1.03. The predicted molar refractivity (Wildman–Crippen MR) is 74.0 cm³/mol. The lowest BCUT2D eigenvalue weighted by molar-refractivity contribution is 0.873. The van der Waals surface area contributed by atoms with E-state index in [9.17, 15) is 0 Å². The fraction of sp³-hybridized carbons (Fsp3) is 0.385. The van der Waals surface area contributed by atoms with Gasteiger partial charge in [-0.15, -0.1) is 5.10 Å². The number of aryl methyl sites for hydroxylation is 2. The fourth-order valence-corrected chi connectivity index (χ4v) is 1.86. The number of benzene rings is 1. The van der Waals surface area contributed by atoms with Crippen molar-refractivity contribution in [3.63, 3.8) is 0 Å². The molecule has 0 amide bonds. The first kappa shape index (κ1) is 12.4. The van der Waals surface area contributed by atoms with Gasteiger partial charge >= 0.3 is 0 Å². The molecule has 0 atom stereocenters. The van der Waals surface area contributed by atoms with Crippen LogP contribution in [0, 0.1) is 13.8 Å². The molecule has 2 aromatic rings. The van der Waals surface area contributed by atoms with E-state index in [-0.39, 0.29) is 0 Å². The molecule has 0 aliphatic carbocycles. The first-order chi connectivity index (χ1) is 8.61. The van der Waals surface area contributed by atoms with E-state index in [4.69, 9.17) is 5.73 Å². The van der Waals surface area contributed by atoms with Crippen LogP contribution in [0.2, 0.25) is 0 Å². The molecule has 0 unspecified atom stereocenters. The van der Waals surface area contributed by atoms with E-state index in [1.165, 1.54) is 5.56 Å². The molecular weight excluding hydrogens is 226 g/mol. The van der Waals surface area contributed by atoms with Crippen molar-refractivity contribution >= 4 is 11.9 Å². The average Bonchev–Trinajstić information content (AvgIpc) is 2.68. The Labute approximate surface area is 107 Å².